The van der Waals surface area contributed by atoms with Crippen LogP contribution >= 0.6 is 11.8 Å². The molecule has 0 aromatic heterocycles. The SMILES string of the molecule is CC1(C)O[C@@H]2[C@H](O1)[C@H]1OC(C)(C)O[C@H]1O[C@@H]2[C@H]1N=CCS1. The number of hydrogen-bond acceptors (Lipinski definition) is 7. The van der Waals surface area contributed by atoms with Crippen LogP contribution in [0.2, 0.25) is 0 Å². The maximum atomic E-state index is 6.15. The lowest BCUT2D eigenvalue weighted by Crippen LogP contribution is -2.57. The van der Waals surface area contributed by atoms with E-state index in [9.17, 15) is 0 Å². The summed E-state index contributed by atoms with van der Waals surface area (Å²) < 4.78 is 30.2. The topological polar surface area (TPSA) is 58.5 Å². The highest BCUT2D eigenvalue weighted by atomic mass is 32.2. The molecule has 6 nitrogen and oxygen atoms in total. The second kappa shape index (κ2) is 4.66. The number of rotatable bonds is 1. The van der Waals surface area contributed by atoms with Crippen molar-refractivity contribution in [3.05, 3.63) is 0 Å². The Labute approximate surface area is 128 Å². The zero-order valence-electron chi connectivity index (χ0n) is 12.6. The van der Waals surface area contributed by atoms with Crippen molar-refractivity contribution in [3.63, 3.8) is 0 Å². The third-order valence-electron chi connectivity index (χ3n) is 4.07. The van der Waals surface area contributed by atoms with Crippen LogP contribution in [0.15, 0.2) is 4.99 Å². The van der Waals surface area contributed by atoms with Gasteiger partial charge in [-0.1, -0.05) is 0 Å². The first-order valence-electron chi connectivity index (χ1n) is 7.35. The largest absolute Gasteiger partial charge is 0.342 e. The van der Waals surface area contributed by atoms with E-state index < -0.39 is 17.9 Å². The van der Waals surface area contributed by atoms with E-state index in [2.05, 4.69) is 4.99 Å². The smallest absolute Gasteiger partial charge is 0.190 e. The first-order valence-corrected chi connectivity index (χ1v) is 8.40. The molecule has 0 bridgehead atoms. The Bertz CT molecular complexity index is 468. The van der Waals surface area contributed by atoms with Crippen molar-refractivity contribution in [2.75, 3.05) is 5.75 Å². The number of ether oxygens (including phenoxy) is 5. The second-order valence-corrected chi connectivity index (χ2v) is 7.84. The van der Waals surface area contributed by atoms with Gasteiger partial charge in [0.25, 0.3) is 0 Å². The van der Waals surface area contributed by atoms with Gasteiger partial charge < -0.3 is 23.7 Å². The van der Waals surface area contributed by atoms with Crippen LogP contribution in [0.25, 0.3) is 0 Å². The number of hydrogen-bond donors (Lipinski definition) is 0. The van der Waals surface area contributed by atoms with Gasteiger partial charge in [-0.25, -0.2) is 0 Å². The van der Waals surface area contributed by atoms with Crippen molar-refractivity contribution in [1.82, 2.24) is 0 Å². The summed E-state index contributed by atoms with van der Waals surface area (Å²) in [5.41, 5.74) is 0. The molecular weight excluding hydrogens is 294 g/mol. The predicted molar refractivity (Wildman–Crippen MR) is 77.3 cm³/mol. The predicted octanol–water partition coefficient (Wildman–Crippen LogP) is 1.53. The monoisotopic (exact) mass is 315 g/mol. The fraction of sp³-hybridized carbons (Fsp3) is 0.929. The van der Waals surface area contributed by atoms with Gasteiger partial charge in [0.15, 0.2) is 17.9 Å². The summed E-state index contributed by atoms with van der Waals surface area (Å²) in [4.78, 5) is 4.50. The Balaban J connectivity index is 1.64. The molecule has 0 amide bonds. The average molecular weight is 315 g/mol. The van der Waals surface area contributed by atoms with E-state index >= 15 is 0 Å². The highest BCUT2D eigenvalue weighted by molar-refractivity contribution is 8.00. The van der Waals surface area contributed by atoms with Gasteiger partial charge in [0, 0.05) is 12.0 Å². The van der Waals surface area contributed by atoms with Gasteiger partial charge in [-0.15, -0.1) is 11.8 Å². The highest BCUT2D eigenvalue weighted by Gasteiger charge is 2.62. The van der Waals surface area contributed by atoms with E-state index in [-0.39, 0.29) is 29.8 Å². The van der Waals surface area contributed by atoms with Gasteiger partial charge in [0.1, 0.15) is 29.8 Å². The van der Waals surface area contributed by atoms with Crippen LogP contribution in [0.5, 0.6) is 0 Å². The minimum atomic E-state index is -0.670. The molecule has 4 rings (SSSR count). The van der Waals surface area contributed by atoms with Gasteiger partial charge >= 0.3 is 0 Å². The number of thioether (sulfide) groups is 1. The molecular formula is C14H21NO5S. The zero-order valence-corrected chi connectivity index (χ0v) is 13.5. The van der Waals surface area contributed by atoms with Gasteiger partial charge in [-0.05, 0) is 27.7 Å². The number of fused-ring (bicyclic) bond motifs is 3. The molecule has 118 valence electrons. The minimum Gasteiger partial charge on any atom is -0.342 e. The first-order chi connectivity index (χ1) is 9.85. The van der Waals surface area contributed by atoms with Crippen LogP contribution in [0.1, 0.15) is 27.7 Å². The lowest BCUT2D eigenvalue weighted by molar-refractivity contribution is -0.233. The van der Waals surface area contributed by atoms with Crippen LogP contribution in [0, 0.1) is 0 Å². The summed E-state index contributed by atoms with van der Waals surface area (Å²) in [5.74, 6) is -0.408. The van der Waals surface area contributed by atoms with E-state index in [1.165, 1.54) is 0 Å². The minimum absolute atomic E-state index is 0.0308. The van der Waals surface area contributed by atoms with Crippen LogP contribution in [0.3, 0.4) is 0 Å². The molecule has 4 heterocycles. The molecule has 6 atom stereocenters. The highest BCUT2D eigenvalue weighted by Crippen LogP contribution is 2.46. The molecule has 4 aliphatic rings. The lowest BCUT2D eigenvalue weighted by atomic mass is 9.99. The second-order valence-electron chi connectivity index (χ2n) is 6.69. The summed E-state index contributed by atoms with van der Waals surface area (Å²) in [6.45, 7) is 7.62. The zero-order chi connectivity index (χ0) is 14.8. The molecule has 0 aromatic rings. The standard InChI is InChI=1S/C14H21NO5S/c1-13(2)17-7-8(18-13)10-12(20-14(3,4)19-10)16-9(7)11-15-5-6-21-11/h5,7-12H,6H2,1-4H3/t7-,8+,9+,10-,11+,12-/m1/s1. The summed E-state index contributed by atoms with van der Waals surface area (Å²) >= 11 is 1.75. The molecule has 7 heteroatoms. The fourth-order valence-corrected chi connectivity index (χ4v) is 4.33. The Morgan fingerprint density at radius 2 is 1.52 bits per heavy atom. The molecule has 0 saturated carbocycles. The van der Waals surface area contributed by atoms with E-state index in [4.69, 9.17) is 23.7 Å². The Hall–Kier alpha value is -0.180. The van der Waals surface area contributed by atoms with Gasteiger partial charge in [-0.2, -0.15) is 0 Å². The van der Waals surface area contributed by atoms with Gasteiger partial charge in [0.05, 0.1) is 0 Å². The van der Waals surface area contributed by atoms with Crippen molar-refractivity contribution < 1.29 is 23.7 Å². The van der Waals surface area contributed by atoms with E-state index in [0.717, 1.165) is 5.75 Å². The van der Waals surface area contributed by atoms with Crippen LogP contribution in [-0.2, 0) is 23.7 Å². The van der Waals surface area contributed by atoms with Crippen LogP contribution < -0.4 is 0 Å². The van der Waals surface area contributed by atoms with Crippen molar-refractivity contribution in [1.29, 1.82) is 0 Å². The molecule has 21 heavy (non-hydrogen) atoms. The van der Waals surface area contributed by atoms with E-state index in [1.807, 2.05) is 33.9 Å². The number of aliphatic imine (C=N–C) groups is 1. The maximum Gasteiger partial charge on any atom is 0.190 e. The summed E-state index contributed by atoms with van der Waals surface area (Å²) in [6.07, 6.45) is 0.669. The quantitative estimate of drug-likeness (QED) is 0.731. The van der Waals surface area contributed by atoms with Gasteiger partial charge in [-0.3, -0.25) is 4.99 Å². The molecule has 3 fully saturated rings. The Morgan fingerprint density at radius 1 is 0.905 bits per heavy atom. The molecule has 0 unspecified atom stereocenters. The van der Waals surface area contributed by atoms with Crippen molar-refractivity contribution >= 4 is 18.0 Å². The molecule has 0 aromatic carbocycles. The van der Waals surface area contributed by atoms with E-state index in [1.54, 1.807) is 11.8 Å². The Morgan fingerprint density at radius 3 is 2.19 bits per heavy atom. The molecule has 0 spiro atoms. The normalized spacial score (nSPS) is 50.1. The number of nitrogens with zero attached hydrogens (tertiary/aromatic N) is 1. The molecule has 4 aliphatic heterocycles. The first kappa shape index (κ1) is 14.4. The average Bonchev–Trinajstić information content (AvgIpc) is 3.02. The summed E-state index contributed by atoms with van der Waals surface area (Å²) in [6, 6.07) is 0. The third kappa shape index (κ3) is 2.44. The summed E-state index contributed by atoms with van der Waals surface area (Å²) in [7, 11) is 0. The molecule has 0 N–H and O–H groups in total. The maximum absolute atomic E-state index is 6.15. The molecule has 0 radical (unpaired) electrons. The fourth-order valence-electron chi connectivity index (χ4n) is 3.38. The Kier molecular flexibility index (Phi) is 3.20. The lowest BCUT2D eigenvalue weighted by Gasteiger charge is -2.38. The van der Waals surface area contributed by atoms with Crippen molar-refractivity contribution in [3.8, 4) is 0 Å². The van der Waals surface area contributed by atoms with Crippen molar-refractivity contribution in [2.45, 2.75) is 75.3 Å². The third-order valence-corrected chi connectivity index (χ3v) is 5.14. The molecule has 0 aliphatic carbocycles. The summed E-state index contributed by atoms with van der Waals surface area (Å²) in [5, 5.41) is 0.0308. The van der Waals surface area contributed by atoms with Gasteiger partial charge in [0.2, 0.25) is 0 Å². The molecule has 3 saturated heterocycles. The van der Waals surface area contributed by atoms with Crippen LogP contribution in [-0.4, -0.2) is 59.6 Å². The van der Waals surface area contributed by atoms with Crippen LogP contribution in [0.4, 0.5) is 0 Å². The van der Waals surface area contributed by atoms with E-state index in [0.29, 0.717) is 0 Å². The van der Waals surface area contributed by atoms with Crippen molar-refractivity contribution in [2.24, 2.45) is 4.99 Å².